The van der Waals surface area contributed by atoms with Gasteiger partial charge in [-0.3, -0.25) is 0 Å². The van der Waals surface area contributed by atoms with Crippen molar-refractivity contribution < 1.29 is 17.5 Å². The fraction of sp³-hybridized carbons (Fsp3) is 0.455. The van der Waals surface area contributed by atoms with Gasteiger partial charge in [0, 0.05) is 13.7 Å². The van der Waals surface area contributed by atoms with Crippen LogP contribution in [0.1, 0.15) is 13.3 Å². The van der Waals surface area contributed by atoms with Crippen molar-refractivity contribution in [2.75, 3.05) is 19.5 Å². The molecule has 0 aliphatic carbocycles. The lowest BCUT2D eigenvalue weighted by Crippen LogP contribution is -2.21. The first-order valence-electron chi connectivity index (χ1n) is 5.17. The van der Waals surface area contributed by atoms with E-state index in [1.54, 1.807) is 6.92 Å². The number of sulfone groups is 1. The highest BCUT2D eigenvalue weighted by atomic mass is 32.2. The van der Waals surface area contributed by atoms with Gasteiger partial charge in [-0.05, 0) is 31.5 Å². The highest BCUT2D eigenvalue weighted by Gasteiger charge is 2.25. The molecule has 0 aromatic heterocycles. The Hall–Kier alpha value is -1.14. The summed E-state index contributed by atoms with van der Waals surface area (Å²) in [5, 5.41) is -0.661. The zero-order valence-electron chi connectivity index (χ0n) is 9.81. The van der Waals surface area contributed by atoms with Gasteiger partial charge in [0.05, 0.1) is 15.8 Å². The molecule has 0 heterocycles. The zero-order chi connectivity index (χ0) is 13.1. The molecule has 0 radical (unpaired) electrons. The number of anilines is 1. The molecule has 1 rings (SSSR count). The standard InChI is InChI=1S/C11H16FNO3S/c1-8(5-6-16-2)17(14,15)11-7-9(12)3-4-10(11)13/h3-4,7-8H,5-6,13H2,1-2H3. The van der Waals surface area contributed by atoms with Crippen molar-refractivity contribution >= 4 is 15.5 Å². The fourth-order valence-electron chi connectivity index (χ4n) is 1.41. The van der Waals surface area contributed by atoms with E-state index >= 15 is 0 Å². The molecule has 17 heavy (non-hydrogen) atoms. The molecular formula is C11H16FNO3S. The average molecular weight is 261 g/mol. The lowest BCUT2D eigenvalue weighted by atomic mass is 10.3. The number of rotatable bonds is 5. The van der Waals surface area contributed by atoms with E-state index in [0.29, 0.717) is 13.0 Å². The van der Waals surface area contributed by atoms with E-state index in [4.69, 9.17) is 10.5 Å². The van der Waals surface area contributed by atoms with Crippen LogP contribution in [0.4, 0.5) is 10.1 Å². The van der Waals surface area contributed by atoms with Gasteiger partial charge in [-0.1, -0.05) is 0 Å². The van der Waals surface area contributed by atoms with Gasteiger partial charge >= 0.3 is 0 Å². The number of halogens is 1. The van der Waals surface area contributed by atoms with E-state index < -0.39 is 20.9 Å². The molecule has 6 heteroatoms. The van der Waals surface area contributed by atoms with Gasteiger partial charge in [0.25, 0.3) is 0 Å². The first-order chi connectivity index (χ1) is 7.89. The zero-order valence-corrected chi connectivity index (χ0v) is 10.6. The Bertz CT molecular complexity index is 487. The van der Waals surface area contributed by atoms with Crippen LogP contribution in [0.5, 0.6) is 0 Å². The SMILES string of the molecule is COCCC(C)S(=O)(=O)c1cc(F)ccc1N. The van der Waals surface area contributed by atoms with E-state index in [2.05, 4.69) is 0 Å². The molecule has 1 aromatic carbocycles. The fourth-order valence-corrected chi connectivity index (χ4v) is 2.92. The number of benzene rings is 1. The Morgan fingerprint density at radius 1 is 1.47 bits per heavy atom. The average Bonchev–Trinajstić information content (AvgIpc) is 2.28. The van der Waals surface area contributed by atoms with Gasteiger partial charge in [0.1, 0.15) is 5.82 Å². The van der Waals surface area contributed by atoms with Crippen LogP contribution >= 0.6 is 0 Å². The van der Waals surface area contributed by atoms with Crippen LogP contribution in [0.15, 0.2) is 23.1 Å². The third-order valence-electron chi connectivity index (χ3n) is 2.54. The summed E-state index contributed by atoms with van der Waals surface area (Å²) in [5.74, 6) is -0.614. The Labute approximate surface area is 101 Å². The topological polar surface area (TPSA) is 69.4 Å². The quantitative estimate of drug-likeness (QED) is 0.817. The van der Waals surface area contributed by atoms with Crippen molar-refractivity contribution in [2.45, 2.75) is 23.5 Å². The number of hydrogen-bond donors (Lipinski definition) is 1. The minimum Gasteiger partial charge on any atom is -0.398 e. The summed E-state index contributed by atoms with van der Waals surface area (Å²) >= 11 is 0. The molecule has 0 fully saturated rings. The second-order valence-electron chi connectivity index (χ2n) is 3.82. The van der Waals surface area contributed by atoms with Crippen molar-refractivity contribution in [2.24, 2.45) is 0 Å². The van der Waals surface area contributed by atoms with Gasteiger partial charge in [-0.2, -0.15) is 0 Å². The molecular weight excluding hydrogens is 245 g/mol. The van der Waals surface area contributed by atoms with E-state index in [1.165, 1.54) is 13.2 Å². The van der Waals surface area contributed by atoms with Crippen LogP contribution in [-0.4, -0.2) is 27.4 Å². The summed E-state index contributed by atoms with van der Waals surface area (Å²) in [4.78, 5) is -0.152. The largest absolute Gasteiger partial charge is 0.398 e. The lowest BCUT2D eigenvalue weighted by molar-refractivity contribution is 0.194. The first kappa shape index (κ1) is 13.9. The molecule has 0 aliphatic rings. The third kappa shape index (κ3) is 3.17. The van der Waals surface area contributed by atoms with Crippen molar-refractivity contribution in [1.82, 2.24) is 0 Å². The number of hydrogen-bond acceptors (Lipinski definition) is 4. The Kier molecular flexibility index (Phi) is 4.47. The third-order valence-corrected chi connectivity index (χ3v) is 4.80. The second kappa shape index (κ2) is 5.46. The molecule has 0 aliphatic heterocycles. The summed E-state index contributed by atoms with van der Waals surface area (Å²) < 4.78 is 42.1. The van der Waals surface area contributed by atoms with Crippen molar-refractivity contribution in [3.63, 3.8) is 0 Å². The molecule has 2 N–H and O–H groups in total. The Morgan fingerprint density at radius 2 is 2.12 bits per heavy atom. The van der Waals surface area contributed by atoms with Gasteiger partial charge in [-0.15, -0.1) is 0 Å². The van der Waals surface area contributed by atoms with Crippen LogP contribution in [0.25, 0.3) is 0 Å². The van der Waals surface area contributed by atoms with Gasteiger partial charge < -0.3 is 10.5 Å². The Balaban J connectivity index is 3.08. The number of nitrogen functional groups attached to an aromatic ring is 1. The van der Waals surface area contributed by atoms with Crippen LogP contribution in [-0.2, 0) is 14.6 Å². The maximum Gasteiger partial charge on any atom is 0.183 e. The van der Waals surface area contributed by atoms with Crippen LogP contribution in [0.2, 0.25) is 0 Å². The van der Waals surface area contributed by atoms with E-state index in [0.717, 1.165) is 12.1 Å². The lowest BCUT2D eigenvalue weighted by Gasteiger charge is -2.14. The molecule has 0 saturated carbocycles. The Morgan fingerprint density at radius 3 is 2.71 bits per heavy atom. The van der Waals surface area contributed by atoms with E-state index in [9.17, 15) is 12.8 Å². The maximum atomic E-state index is 13.0. The predicted molar refractivity (Wildman–Crippen MR) is 64.0 cm³/mol. The number of nitrogens with two attached hydrogens (primary N) is 1. The smallest absolute Gasteiger partial charge is 0.183 e. The van der Waals surface area contributed by atoms with Crippen molar-refractivity contribution in [1.29, 1.82) is 0 Å². The molecule has 0 spiro atoms. The summed E-state index contributed by atoms with van der Waals surface area (Å²) in [5.41, 5.74) is 5.63. The number of methoxy groups -OCH3 is 1. The second-order valence-corrected chi connectivity index (χ2v) is 6.15. The molecule has 1 unspecified atom stereocenters. The molecule has 0 bridgehead atoms. The maximum absolute atomic E-state index is 13.0. The molecule has 96 valence electrons. The summed E-state index contributed by atoms with van der Waals surface area (Å²) in [7, 11) is -2.11. The summed E-state index contributed by atoms with van der Waals surface area (Å²) in [6.45, 7) is 1.88. The highest BCUT2D eigenvalue weighted by Crippen LogP contribution is 2.24. The van der Waals surface area contributed by atoms with Crippen LogP contribution < -0.4 is 5.73 Å². The van der Waals surface area contributed by atoms with Gasteiger partial charge in [-0.25, -0.2) is 12.8 Å². The minimum absolute atomic E-state index is 0.0654. The first-order valence-corrected chi connectivity index (χ1v) is 6.72. The van der Waals surface area contributed by atoms with Crippen molar-refractivity contribution in [3.05, 3.63) is 24.0 Å². The van der Waals surface area contributed by atoms with Crippen LogP contribution in [0, 0.1) is 5.82 Å². The molecule has 4 nitrogen and oxygen atoms in total. The molecule has 0 amide bonds. The van der Waals surface area contributed by atoms with Crippen LogP contribution in [0.3, 0.4) is 0 Å². The van der Waals surface area contributed by atoms with E-state index in [-0.39, 0.29) is 10.6 Å². The normalized spacial score (nSPS) is 13.6. The van der Waals surface area contributed by atoms with Gasteiger partial charge in [0.2, 0.25) is 0 Å². The summed E-state index contributed by atoms with van der Waals surface area (Å²) in [6.07, 6.45) is 0.342. The highest BCUT2D eigenvalue weighted by molar-refractivity contribution is 7.92. The molecule has 0 saturated heterocycles. The predicted octanol–water partition coefficient (Wildman–Crippen LogP) is 1.61. The van der Waals surface area contributed by atoms with E-state index in [1.807, 2.05) is 0 Å². The molecule has 1 atom stereocenters. The monoisotopic (exact) mass is 261 g/mol. The number of ether oxygens (including phenoxy) is 1. The molecule has 1 aromatic rings. The van der Waals surface area contributed by atoms with Gasteiger partial charge in [0.15, 0.2) is 9.84 Å². The minimum atomic E-state index is -3.61. The summed E-state index contributed by atoms with van der Waals surface area (Å²) in [6, 6.07) is 3.34. The van der Waals surface area contributed by atoms with Crippen molar-refractivity contribution in [3.8, 4) is 0 Å².